The molecule has 3 aliphatic rings. The van der Waals surface area contributed by atoms with Crippen LogP contribution in [-0.2, 0) is 14.3 Å². The largest absolute Gasteiger partial charge is 0.449 e. The number of aliphatic hydroxyl groups excluding tert-OH is 1. The maximum atomic E-state index is 14.2. The fraction of sp³-hybridized carbons (Fsp3) is 0.818. The highest BCUT2D eigenvalue weighted by atomic mass is 28.3. The number of aliphatic hydroxyl groups is 1. The highest BCUT2D eigenvalue weighted by molar-refractivity contribution is 6.76. The summed E-state index contributed by atoms with van der Waals surface area (Å²) in [6, 6.07) is 0.827. The molecule has 40 heavy (non-hydrogen) atoms. The van der Waals surface area contributed by atoms with Gasteiger partial charge in [0.25, 0.3) is 0 Å². The van der Waals surface area contributed by atoms with E-state index in [0.29, 0.717) is 18.9 Å². The van der Waals surface area contributed by atoms with E-state index in [-0.39, 0.29) is 41.4 Å². The zero-order valence-corrected chi connectivity index (χ0v) is 28.2. The second-order valence-electron chi connectivity index (χ2n) is 15.1. The Morgan fingerprint density at radius 3 is 2.45 bits per heavy atom. The highest BCUT2D eigenvalue weighted by Gasteiger charge is 2.60. The number of ether oxygens (including phenoxy) is 2. The number of hydrogen-bond acceptors (Lipinski definition) is 5. The Hall–Kier alpha value is -1.44. The van der Waals surface area contributed by atoms with E-state index in [1.165, 1.54) is 16.0 Å². The lowest BCUT2D eigenvalue weighted by molar-refractivity contribution is -0.150. The summed E-state index contributed by atoms with van der Waals surface area (Å²) in [5.74, 6) is -0.0537. The Morgan fingerprint density at radius 1 is 1.25 bits per heavy atom. The molecule has 0 aromatic rings. The van der Waals surface area contributed by atoms with Crippen LogP contribution in [0.25, 0.3) is 0 Å². The topological polar surface area (TPSA) is 76.1 Å². The lowest BCUT2D eigenvalue weighted by Crippen LogP contribution is -2.52. The van der Waals surface area contributed by atoms with E-state index in [9.17, 15) is 14.7 Å². The molecule has 7 heteroatoms. The van der Waals surface area contributed by atoms with Gasteiger partial charge >= 0.3 is 6.09 Å². The van der Waals surface area contributed by atoms with E-state index in [4.69, 9.17) is 9.47 Å². The minimum absolute atomic E-state index is 0.0225. The SMILES string of the molecule is C/C=C(\C)[C@@H]1C(C)=C[C@]2(C)C[C@H](C)CC[C@H]2[C@@H]1C(O)C1CC(CC(C)C)(OC)N(C(=O)OCC[Si](C)(C)C)C1=O. The van der Waals surface area contributed by atoms with Gasteiger partial charge in [0.15, 0.2) is 5.72 Å². The van der Waals surface area contributed by atoms with Crippen LogP contribution in [0.15, 0.2) is 23.3 Å². The number of amides is 2. The summed E-state index contributed by atoms with van der Waals surface area (Å²) in [5, 5.41) is 12.3. The Bertz CT molecular complexity index is 999. The molecule has 1 heterocycles. The Balaban J connectivity index is 2.02. The van der Waals surface area contributed by atoms with Crippen LogP contribution in [0, 0.1) is 40.9 Å². The summed E-state index contributed by atoms with van der Waals surface area (Å²) in [6.07, 6.45) is 7.10. The number of fused-ring (bicyclic) bond motifs is 1. The van der Waals surface area contributed by atoms with Crippen molar-refractivity contribution in [3.63, 3.8) is 0 Å². The Labute approximate surface area is 245 Å². The molecule has 1 saturated heterocycles. The second kappa shape index (κ2) is 12.4. The summed E-state index contributed by atoms with van der Waals surface area (Å²) in [5.41, 5.74) is 1.36. The summed E-state index contributed by atoms with van der Waals surface area (Å²) < 4.78 is 11.8. The first-order chi connectivity index (χ1) is 18.5. The van der Waals surface area contributed by atoms with Gasteiger partial charge in [-0.1, -0.05) is 77.1 Å². The minimum atomic E-state index is -1.42. The molecule has 8 atom stereocenters. The van der Waals surface area contributed by atoms with Gasteiger partial charge in [-0.15, -0.1) is 0 Å². The first-order valence-electron chi connectivity index (χ1n) is 15.6. The molecule has 2 amide bonds. The third-order valence-corrected chi connectivity index (χ3v) is 11.8. The van der Waals surface area contributed by atoms with Gasteiger partial charge in [-0.25, -0.2) is 9.69 Å². The van der Waals surface area contributed by atoms with E-state index in [0.717, 1.165) is 25.3 Å². The molecular weight excluding hydrogens is 518 g/mol. The maximum Gasteiger partial charge on any atom is 0.418 e. The van der Waals surface area contributed by atoms with Gasteiger partial charge in [0, 0.05) is 27.5 Å². The van der Waals surface area contributed by atoms with Gasteiger partial charge in [-0.3, -0.25) is 4.79 Å². The van der Waals surface area contributed by atoms with Crippen LogP contribution in [0.5, 0.6) is 0 Å². The number of allylic oxidation sites excluding steroid dienone is 4. The first-order valence-corrected chi connectivity index (χ1v) is 19.3. The summed E-state index contributed by atoms with van der Waals surface area (Å²) in [7, 11) is 0.151. The third kappa shape index (κ3) is 6.62. The predicted octanol–water partition coefficient (Wildman–Crippen LogP) is 7.66. The van der Waals surface area contributed by atoms with E-state index in [1.807, 2.05) is 0 Å². The number of imide groups is 1. The summed E-state index contributed by atoms with van der Waals surface area (Å²) >= 11 is 0. The van der Waals surface area contributed by atoms with Crippen molar-refractivity contribution in [3.8, 4) is 0 Å². The molecule has 2 aliphatic carbocycles. The van der Waals surface area contributed by atoms with Crippen molar-refractivity contribution in [2.75, 3.05) is 13.7 Å². The molecule has 1 saturated carbocycles. The van der Waals surface area contributed by atoms with E-state index < -0.39 is 31.9 Å². The minimum Gasteiger partial charge on any atom is -0.449 e. The van der Waals surface area contributed by atoms with Crippen molar-refractivity contribution in [3.05, 3.63) is 23.3 Å². The van der Waals surface area contributed by atoms with Gasteiger partial charge < -0.3 is 14.6 Å². The van der Waals surface area contributed by atoms with Crippen LogP contribution in [0.1, 0.15) is 80.6 Å². The average Bonchev–Trinajstić information content (AvgIpc) is 3.12. The molecule has 0 aromatic carbocycles. The summed E-state index contributed by atoms with van der Waals surface area (Å²) in [6.45, 7) is 22.2. The zero-order valence-electron chi connectivity index (χ0n) is 27.2. The first kappa shape index (κ1) is 33.1. The van der Waals surface area contributed by atoms with Crippen molar-refractivity contribution < 1.29 is 24.2 Å². The van der Waals surface area contributed by atoms with Crippen molar-refractivity contribution in [2.24, 2.45) is 40.9 Å². The third-order valence-electron chi connectivity index (χ3n) is 10.1. The van der Waals surface area contributed by atoms with Crippen LogP contribution >= 0.6 is 0 Å². The standard InChI is InChI=1S/C33H57NO5Si/c1-12-23(5)27-24(6)19-32(7)18-22(4)13-14-26(32)28(27)29(35)25-20-33(38-8,17-21(2)3)34(30(25)36)31(37)39-15-16-40(9,10)11/h12,19,21-22,25-29,35H,13-18,20H2,1-11H3/b23-12+/t22-,25?,26+,27-,28+,29?,32+,33?/m1/s1. The lowest BCUT2D eigenvalue weighted by Gasteiger charge is -2.54. The number of carbonyl (C=O) groups is 2. The zero-order chi connectivity index (χ0) is 30.2. The summed E-state index contributed by atoms with van der Waals surface area (Å²) in [4.78, 5) is 29.0. The van der Waals surface area contributed by atoms with E-state index >= 15 is 0 Å². The lowest BCUT2D eigenvalue weighted by atomic mass is 9.51. The fourth-order valence-corrected chi connectivity index (χ4v) is 8.99. The number of likely N-dealkylation sites (tertiary alicyclic amines) is 1. The van der Waals surface area contributed by atoms with Crippen LogP contribution in [-0.4, -0.2) is 55.6 Å². The Morgan fingerprint density at radius 2 is 1.90 bits per heavy atom. The van der Waals surface area contributed by atoms with Crippen molar-refractivity contribution >= 4 is 20.1 Å². The van der Waals surface area contributed by atoms with Crippen LogP contribution in [0.3, 0.4) is 0 Å². The number of rotatable bonds is 9. The van der Waals surface area contributed by atoms with Gasteiger partial charge in [0.2, 0.25) is 5.91 Å². The molecule has 1 N–H and O–H groups in total. The molecule has 0 bridgehead atoms. The molecular formula is C33H57NO5Si. The predicted molar refractivity (Wildman–Crippen MR) is 164 cm³/mol. The molecule has 228 valence electrons. The molecule has 6 nitrogen and oxygen atoms in total. The molecule has 2 fully saturated rings. The van der Waals surface area contributed by atoms with Crippen molar-refractivity contribution in [1.82, 2.24) is 4.90 Å². The number of methoxy groups -OCH3 is 1. The molecule has 1 aliphatic heterocycles. The molecule has 0 spiro atoms. The number of hydrogen-bond donors (Lipinski definition) is 1. The van der Waals surface area contributed by atoms with E-state index in [2.05, 4.69) is 80.3 Å². The average molecular weight is 576 g/mol. The molecule has 3 rings (SSSR count). The van der Waals surface area contributed by atoms with Crippen LogP contribution < -0.4 is 0 Å². The normalized spacial score (nSPS) is 36.0. The molecule has 0 aromatic heterocycles. The van der Waals surface area contributed by atoms with Crippen molar-refractivity contribution in [2.45, 2.75) is 118 Å². The van der Waals surface area contributed by atoms with Gasteiger partial charge in [-0.05, 0) is 75.2 Å². The quantitative estimate of drug-likeness (QED) is 0.226. The van der Waals surface area contributed by atoms with Crippen LogP contribution in [0.2, 0.25) is 25.7 Å². The number of carbonyl (C=O) groups excluding carboxylic acids is 2. The monoisotopic (exact) mass is 575 g/mol. The van der Waals surface area contributed by atoms with E-state index in [1.54, 1.807) is 7.11 Å². The van der Waals surface area contributed by atoms with Crippen molar-refractivity contribution in [1.29, 1.82) is 0 Å². The second-order valence-corrected chi connectivity index (χ2v) is 20.7. The van der Waals surface area contributed by atoms with Gasteiger partial charge in [-0.2, -0.15) is 0 Å². The molecule has 0 radical (unpaired) electrons. The fourth-order valence-electron chi connectivity index (χ4n) is 8.28. The Kier molecular flexibility index (Phi) is 10.3. The smallest absolute Gasteiger partial charge is 0.418 e. The van der Waals surface area contributed by atoms with Gasteiger partial charge in [0.05, 0.1) is 18.6 Å². The highest BCUT2D eigenvalue weighted by Crippen LogP contribution is 2.58. The number of nitrogens with zero attached hydrogens (tertiary/aromatic N) is 1. The van der Waals surface area contributed by atoms with Crippen LogP contribution in [0.4, 0.5) is 4.79 Å². The molecule has 3 unspecified atom stereocenters. The maximum absolute atomic E-state index is 14.2. The van der Waals surface area contributed by atoms with Gasteiger partial charge in [0.1, 0.15) is 0 Å².